The van der Waals surface area contributed by atoms with E-state index in [9.17, 15) is 19.8 Å². The Kier molecular flexibility index (Phi) is 6.00. The third kappa shape index (κ3) is 5.24. The number of benzene rings is 2. The lowest BCUT2D eigenvalue weighted by Crippen LogP contribution is -2.44. The van der Waals surface area contributed by atoms with Crippen molar-refractivity contribution < 1.29 is 19.8 Å². The monoisotopic (exact) mass is 342 g/mol. The predicted molar refractivity (Wildman–Crippen MR) is 95.6 cm³/mol. The Morgan fingerprint density at radius 1 is 1.04 bits per heavy atom. The highest BCUT2D eigenvalue weighted by molar-refractivity contribution is 6.01. The first-order valence-electron chi connectivity index (χ1n) is 8.05. The Morgan fingerprint density at radius 3 is 2.40 bits per heavy atom. The Bertz CT molecular complexity index is 759. The van der Waals surface area contributed by atoms with Crippen LogP contribution in [0.2, 0.25) is 0 Å². The van der Waals surface area contributed by atoms with Crippen molar-refractivity contribution >= 4 is 17.5 Å². The minimum absolute atomic E-state index is 0.0216. The first kappa shape index (κ1) is 18.3. The first-order valence-corrected chi connectivity index (χ1v) is 8.05. The molecule has 0 saturated carbocycles. The van der Waals surface area contributed by atoms with Crippen LogP contribution >= 0.6 is 0 Å². The molecule has 0 bridgehead atoms. The van der Waals surface area contributed by atoms with Crippen LogP contribution in [0, 0.1) is 5.92 Å². The number of nitrogens with one attached hydrogen (secondary N) is 2. The fourth-order valence-corrected chi connectivity index (χ4v) is 2.39. The number of carbonyl (C=O) groups excluding carboxylic acids is 2. The van der Waals surface area contributed by atoms with E-state index in [0.29, 0.717) is 6.42 Å². The van der Waals surface area contributed by atoms with Crippen LogP contribution in [0.15, 0.2) is 48.5 Å². The van der Waals surface area contributed by atoms with Crippen LogP contribution in [0.1, 0.15) is 30.6 Å². The normalized spacial score (nSPS) is 11.8. The molecule has 0 unspecified atom stereocenters. The Labute approximate surface area is 146 Å². The van der Waals surface area contributed by atoms with Gasteiger partial charge in [-0.1, -0.05) is 32.0 Å². The minimum atomic E-state index is -0.769. The van der Waals surface area contributed by atoms with E-state index < -0.39 is 17.9 Å². The highest BCUT2D eigenvalue weighted by Crippen LogP contribution is 2.22. The van der Waals surface area contributed by atoms with Crippen LogP contribution in [-0.4, -0.2) is 28.1 Å². The van der Waals surface area contributed by atoms with Crippen LogP contribution in [0.25, 0.3) is 0 Å². The fraction of sp³-hybridized carbons (Fsp3) is 0.263. The quantitative estimate of drug-likeness (QED) is 0.607. The molecular weight excluding hydrogens is 320 g/mol. The molecule has 0 aliphatic carbocycles. The van der Waals surface area contributed by atoms with Crippen molar-refractivity contribution in [3.05, 3.63) is 54.1 Å². The molecule has 4 N–H and O–H groups in total. The van der Waals surface area contributed by atoms with Gasteiger partial charge in [-0.15, -0.1) is 0 Å². The third-order valence-electron chi connectivity index (χ3n) is 3.60. The van der Waals surface area contributed by atoms with Gasteiger partial charge in [0.25, 0.3) is 5.91 Å². The van der Waals surface area contributed by atoms with Gasteiger partial charge in [-0.05, 0) is 42.7 Å². The molecule has 1 atom stereocenters. The molecule has 0 spiro atoms. The molecule has 132 valence electrons. The fourth-order valence-electron chi connectivity index (χ4n) is 2.39. The summed E-state index contributed by atoms with van der Waals surface area (Å²) in [6, 6.07) is 11.5. The molecular formula is C19H22N2O4. The van der Waals surface area contributed by atoms with Gasteiger partial charge in [-0.25, -0.2) is 0 Å². The first-order chi connectivity index (χ1) is 11.9. The molecule has 0 fully saturated rings. The van der Waals surface area contributed by atoms with E-state index in [1.54, 1.807) is 30.3 Å². The number of aromatic hydroxyl groups is 2. The van der Waals surface area contributed by atoms with Crippen molar-refractivity contribution in [1.29, 1.82) is 0 Å². The van der Waals surface area contributed by atoms with Crippen molar-refractivity contribution in [3.63, 3.8) is 0 Å². The molecule has 2 rings (SSSR count). The molecule has 0 heterocycles. The molecule has 0 aliphatic rings. The summed E-state index contributed by atoms with van der Waals surface area (Å²) >= 11 is 0. The number of anilines is 1. The molecule has 2 amide bonds. The average molecular weight is 342 g/mol. The van der Waals surface area contributed by atoms with E-state index in [0.717, 1.165) is 0 Å². The molecule has 0 aromatic heterocycles. The van der Waals surface area contributed by atoms with E-state index in [-0.39, 0.29) is 28.7 Å². The topological polar surface area (TPSA) is 98.7 Å². The number of rotatable bonds is 6. The van der Waals surface area contributed by atoms with Crippen LogP contribution in [0.4, 0.5) is 5.69 Å². The number of carbonyl (C=O) groups is 2. The summed E-state index contributed by atoms with van der Waals surface area (Å²) in [6.07, 6.45) is 0.435. The number of amides is 2. The maximum absolute atomic E-state index is 12.5. The van der Waals surface area contributed by atoms with Crippen LogP contribution in [0.3, 0.4) is 0 Å². The summed E-state index contributed by atoms with van der Waals surface area (Å²) in [5, 5.41) is 24.6. The van der Waals surface area contributed by atoms with Gasteiger partial charge in [-0.2, -0.15) is 0 Å². The van der Waals surface area contributed by atoms with Crippen LogP contribution in [0.5, 0.6) is 11.5 Å². The second-order valence-corrected chi connectivity index (χ2v) is 6.21. The third-order valence-corrected chi connectivity index (χ3v) is 3.60. The van der Waals surface area contributed by atoms with E-state index in [1.807, 2.05) is 13.8 Å². The molecule has 6 nitrogen and oxygen atoms in total. The molecule has 2 aromatic carbocycles. The number of para-hydroxylation sites is 2. The van der Waals surface area contributed by atoms with Crippen molar-refractivity contribution in [2.45, 2.75) is 26.3 Å². The SMILES string of the molecule is CC(C)C[C@H](NC(=O)c1cccc(O)c1)C(=O)Nc1ccccc1O. The van der Waals surface area contributed by atoms with E-state index in [4.69, 9.17) is 0 Å². The highest BCUT2D eigenvalue weighted by Gasteiger charge is 2.23. The molecule has 0 radical (unpaired) electrons. The highest BCUT2D eigenvalue weighted by atomic mass is 16.3. The van der Waals surface area contributed by atoms with Crippen LogP contribution in [-0.2, 0) is 4.79 Å². The molecule has 2 aromatic rings. The minimum Gasteiger partial charge on any atom is -0.508 e. The molecule has 0 aliphatic heterocycles. The summed E-state index contributed by atoms with van der Waals surface area (Å²) in [4.78, 5) is 24.9. The summed E-state index contributed by atoms with van der Waals surface area (Å²) in [7, 11) is 0. The zero-order chi connectivity index (χ0) is 18.4. The van der Waals surface area contributed by atoms with Crippen molar-refractivity contribution in [3.8, 4) is 11.5 Å². The largest absolute Gasteiger partial charge is 0.508 e. The second kappa shape index (κ2) is 8.19. The van der Waals surface area contributed by atoms with Crippen molar-refractivity contribution in [1.82, 2.24) is 5.32 Å². The van der Waals surface area contributed by atoms with E-state index >= 15 is 0 Å². The zero-order valence-corrected chi connectivity index (χ0v) is 14.2. The van der Waals surface area contributed by atoms with Gasteiger partial charge in [0.15, 0.2) is 0 Å². The van der Waals surface area contributed by atoms with Gasteiger partial charge in [0.2, 0.25) is 5.91 Å². The predicted octanol–water partition coefficient (Wildman–Crippen LogP) is 2.88. The van der Waals surface area contributed by atoms with E-state index in [1.165, 1.54) is 18.2 Å². The van der Waals surface area contributed by atoms with E-state index in [2.05, 4.69) is 10.6 Å². The summed E-state index contributed by atoms with van der Waals surface area (Å²) in [5.41, 5.74) is 0.553. The van der Waals surface area contributed by atoms with Gasteiger partial charge in [0.1, 0.15) is 17.5 Å². The lowest BCUT2D eigenvalue weighted by atomic mass is 10.0. The lowest BCUT2D eigenvalue weighted by Gasteiger charge is -2.20. The standard InChI is InChI=1S/C19H22N2O4/c1-12(2)10-16(19(25)20-15-8-3-4-9-17(15)23)21-18(24)13-6-5-7-14(22)11-13/h3-9,11-12,16,22-23H,10H2,1-2H3,(H,20,25)(H,21,24)/t16-/m0/s1. The number of hydrogen-bond acceptors (Lipinski definition) is 4. The summed E-state index contributed by atoms with van der Waals surface area (Å²) in [6.45, 7) is 3.89. The maximum atomic E-state index is 12.5. The van der Waals surface area contributed by atoms with Gasteiger partial charge < -0.3 is 20.8 Å². The Morgan fingerprint density at radius 2 is 1.76 bits per heavy atom. The van der Waals surface area contributed by atoms with Crippen LogP contribution < -0.4 is 10.6 Å². The molecule has 6 heteroatoms. The lowest BCUT2D eigenvalue weighted by molar-refractivity contribution is -0.118. The summed E-state index contributed by atoms with van der Waals surface area (Å²) in [5.74, 6) is -0.757. The average Bonchev–Trinajstić information content (AvgIpc) is 2.55. The number of hydrogen-bond donors (Lipinski definition) is 4. The van der Waals surface area contributed by atoms with Gasteiger partial charge in [0, 0.05) is 5.56 Å². The second-order valence-electron chi connectivity index (χ2n) is 6.21. The zero-order valence-electron chi connectivity index (χ0n) is 14.2. The Hall–Kier alpha value is -3.02. The van der Waals surface area contributed by atoms with Gasteiger partial charge in [-0.3, -0.25) is 9.59 Å². The Balaban J connectivity index is 2.13. The van der Waals surface area contributed by atoms with Crippen molar-refractivity contribution in [2.75, 3.05) is 5.32 Å². The molecule has 0 saturated heterocycles. The van der Waals surface area contributed by atoms with Crippen molar-refractivity contribution in [2.24, 2.45) is 5.92 Å². The smallest absolute Gasteiger partial charge is 0.252 e. The maximum Gasteiger partial charge on any atom is 0.252 e. The van der Waals surface area contributed by atoms with Gasteiger partial charge in [0.05, 0.1) is 5.69 Å². The van der Waals surface area contributed by atoms with Gasteiger partial charge >= 0.3 is 0 Å². The molecule has 25 heavy (non-hydrogen) atoms. The number of phenolic OH excluding ortho intramolecular Hbond substituents is 2. The summed E-state index contributed by atoms with van der Waals surface area (Å²) < 4.78 is 0. The number of phenols is 2.